The molecule has 0 aliphatic carbocycles. The number of benzene rings is 2. The van der Waals surface area contributed by atoms with E-state index in [0.29, 0.717) is 30.2 Å². The molecule has 2 aromatic carbocycles. The zero-order valence-electron chi connectivity index (χ0n) is 21.7. The minimum Gasteiger partial charge on any atom is -0.398 e. The molecule has 4 N–H and O–H groups in total. The number of allylic oxidation sites excluding steroid dienone is 2. The fourth-order valence-corrected chi connectivity index (χ4v) is 3.57. The van der Waals surface area contributed by atoms with Gasteiger partial charge >= 0.3 is 6.18 Å². The van der Waals surface area contributed by atoms with E-state index in [1.54, 1.807) is 18.4 Å². The zero-order chi connectivity index (χ0) is 27.3. The highest BCUT2D eigenvalue weighted by atomic mass is 19.4. The molecule has 1 heterocycles. The Hall–Kier alpha value is -3.81. The van der Waals surface area contributed by atoms with Gasteiger partial charge in [0.2, 0.25) is 0 Å². The second kappa shape index (κ2) is 14.7. The van der Waals surface area contributed by atoms with E-state index in [-0.39, 0.29) is 12.1 Å². The van der Waals surface area contributed by atoms with Gasteiger partial charge in [-0.15, -0.1) is 0 Å². The Kier molecular flexibility index (Phi) is 11.7. The third-order valence-corrected chi connectivity index (χ3v) is 5.39. The zero-order valence-corrected chi connectivity index (χ0v) is 21.7. The van der Waals surface area contributed by atoms with Crippen molar-refractivity contribution in [3.63, 3.8) is 0 Å². The second-order valence-electron chi connectivity index (χ2n) is 8.03. The third-order valence-electron chi connectivity index (χ3n) is 5.39. The van der Waals surface area contributed by atoms with Gasteiger partial charge in [0.15, 0.2) is 0 Å². The molecule has 2 aromatic rings. The number of nitrogens with zero attached hydrogens (tertiary/aromatic N) is 2. The minimum atomic E-state index is -4.46. The summed E-state index contributed by atoms with van der Waals surface area (Å²) in [5, 5.41) is 6.53. The lowest BCUT2D eigenvalue weighted by atomic mass is 10.1. The molecule has 1 aliphatic heterocycles. The van der Waals surface area contributed by atoms with Crippen LogP contribution in [-0.4, -0.2) is 25.1 Å². The molecule has 0 aromatic heterocycles. The van der Waals surface area contributed by atoms with Gasteiger partial charge in [-0.3, -0.25) is 9.98 Å². The highest BCUT2D eigenvalue weighted by Gasteiger charge is 2.32. The number of nitrogens with two attached hydrogens (primary N) is 1. The van der Waals surface area contributed by atoms with Gasteiger partial charge in [0.05, 0.1) is 12.1 Å². The van der Waals surface area contributed by atoms with Crippen LogP contribution in [0, 0.1) is 0 Å². The van der Waals surface area contributed by atoms with Crippen molar-refractivity contribution in [3.8, 4) is 0 Å². The van der Waals surface area contributed by atoms with Crippen molar-refractivity contribution in [2.45, 2.75) is 46.3 Å². The van der Waals surface area contributed by atoms with Gasteiger partial charge in [0.25, 0.3) is 0 Å². The molecule has 0 fully saturated rings. The number of dihydropyridines is 1. The summed E-state index contributed by atoms with van der Waals surface area (Å²) in [6.45, 7) is 11.5. The number of nitrogens with one attached hydrogen (secondary N) is 2. The summed E-state index contributed by atoms with van der Waals surface area (Å²) < 4.78 is 40.4. The quantitative estimate of drug-likeness (QED) is 0.252. The van der Waals surface area contributed by atoms with Crippen molar-refractivity contribution in [2.24, 2.45) is 15.7 Å². The fraction of sp³-hybridized carbons (Fsp3) is 0.310. The summed E-state index contributed by atoms with van der Waals surface area (Å²) >= 11 is 0. The van der Waals surface area contributed by atoms with Gasteiger partial charge in [0, 0.05) is 48.0 Å². The Morgan fingerprint density at radius 1 is 1.14 bits per heavy atom. The van der Waals surface area contributed by atoms with Crippen LogP contribution < -0.4 is 16.4 Å². The summed E-state index contributed by atoms with van der Waals surface area (Å²) in [6, 6.07) is 13.1. The van der Waals surface area contributed by atoms with Crippen molar-refractivity contribution < 1.29 is 13.2 Å². The standard InChI is InChI=1S/C27H30F3N5.C2H6/c1-3-14-33-25-11-7-5-9-22(25)19(2)35-26(17-24(31)20-12-15-32-16-13-20)34-18-21-8-4-6-10-23(21)27(28,29)30;1-2/h4-12,15,17,33H,2-3,13-14,16,18,31H2,1H3,(H,34,35);1-2H3/b24-17-;. The van der Waals surface area contributed by atoms with E-state index in [4.69, 9.17) is 5.73 Å². The number of alkyl halides is 3. The highest BCUT2D eigenvalue weighted by Crippen LogP contribution is 2.32. The molecule has 198 valence electrons. The summed E-state index contributed by atoms with van der Waals surface area (Å²) in [7, 11) is 0. The Morgan fingerprint density at radius 3 is 2.51 bits per heavy atom. The molecule has 5 nitrogen and oxygen atoms in total. The van der Waals surface area contributed by atoms with Crippen LogP contribution in [0.5, 0.6) is 0 Å². The first-order valence-corrected chi connectivity index (χ1v) is 12.4. The fourth-order valence-electron chi connectivity index (χ4n) is 3.57. The van der Waals surface area contributed by atoms with Gasteiger partial charge in [-0.05, 0) is 42.2 Å². The molecule has 0 spiro atoms. The molecular weight excluding hydrogens is 475 g/mol. The average molecular weight is 512 g/mol. The van der Waals surface area contributed by atoms with E-state index in [0.717, 1.165) is 35.9 Å². The summed E-state index contributed by atoms with van der Waals surface area (Å²) in [4.78, 5) is 8.63. The first-order valence-electron chi connectivity index (χ1n) is 12.4. The number of hydrogen-bond donors (Lipinski definition) is 3. The SMILES string of the molecule is C=C(NC(/C=C(\N)C1=CC=NCC1)=NCc1ccccc1C(F)(F)F)c1ccccc1NCCC.CC. The number of hydrogen-bond acceptors (Lipinski definition) is 4. The van der Waals surface area contributed by atoms with E-state index in [1.165, 1.54) is 12.1 Å². The lowest BCUT2D eigenvalue weighted by Gasteiger charge is -2.17. The number of anilines is 1. The maximum absolute atomic E-state index is 13.5. The van der Waals surface area contributed by atoms with Crippen molar-refractivity contribution in [3.05, 3.63) is 95.2 Å². The summed E-state index contributed by atoms with van der Waals surface area (Å²) in [5.41, 5.74) is 9.33. The maximum Gasteiger partial charge on any atom is 0.416 e. The molecular formula is C29H36F3N5. The molecule has 1 aliphatic rings. The summed E-state index contributed by atoms with van der Waals surface area (Å²) in [5.74, 6) is 0.318. The summed E-state index contributed by atoms with van der Waals surface area (Å²) in [6.07, 6.45) is 2.32. The maximum atomic E-state index is 13.5. The first kappa shape index (κ1) is 29.4. The Labute approximate surface area is 217 Å². The molecule has 8 heteroatoms. The molecule has 37 heavy (non-hydrogen) atoms. The van der Waals surface area contributed by atoms with Crippen LogP contribution in [0.4, 0.5) is 18.9 Å². The van der Waals surface area contributed by atoms with Crippen molar-refractivity contribution >= 4 is 23.4 Å². The molecule has 0 atom stereocenters. The molecule has 0 amide bonds. The van der Waals surface area contributed by atoms with Crippen molar-refractivity contribution in [1.82, 2.24) is 5.32 Å². The smallest absolute Gasteiger partial charge is 0.398 e. The van der Waals surface area contributed by atoms with E-state index in [9.17, 15) is 13.2 Å². The first-order chi connectivity index (χ1) is 17.8. The molecule has 0 saturated heterocycles. The van der Waals surface area contributed by atoms with Crippen LogP contribution in [0.15, 0.2) is 88.5 Å². The topological polar surface area (TPSA) is 74.8 Å². The largest absolute Gasteiger partial charge is 0.416 e. The molecule has 0 radical (unpaired) electrons. The van der Waals surface area contributed by atoms with Crippen molar-refractivity contribution in [2.75, 3.05) is 18.4 Å². The lowest BCUT2D eigenvalue weighted by molar-refractivity contribution is -0.138. The van der Waals surface area contributed by atoms with Crippen LogP contribution in [0.3, 0.4) is 0 Å². The lowest BCUT2D eigenvalue weighted by Crippen LogP contribution is -2.23. The van der Waals surface area contributed by atoms with Gasteiger partial charge in [-0.25, -0.2) is 0 Å². The molecule has 3 rings (SSSR count). The molecule has 0 saturated carbocycles. The number of rotatable bonds is 9. The Bertz CT molecular complexity index is 1160. The Balaban J connectivity index is 0.00000235. The number of aliphatic imine (C=N–C) groups is 2. The monoisotopic (exact) mass is 511 g/mol. The third kappa shape index (κ3) is 8.97. The van der Waals surface area contributed by atoms with Crippen LogP contribution in [0.25, 0.3) is 5.70 Å². The van der Waals surface area contributed by atoms with E-state index in [2.05, 4.69) is 34.1 Å². The number of halogens is 3. The average Bonchev–Trinajstić information content (AvgIpc) is 2.92. The van der Waals surface area contributed by atoms with E-state index >= 15 is 0 Å². The van der Waals surface area contributed by atoms with Gasteiger partial charge in [0.1, 0.15) is 5.84 Å². The van der Waals surface area contributed by atoms with Crippen molar-refractivity contribution in [1.29, 1.82) is 0 Å². The molecule has 0 bridgehead atoms. The van der Waals surface area contributed by atoms with Crippen LogP contribution in [0.2, 0.25) is 0 Å². The predicted octanol–water partition coefficient (Wildman–Crippen LogP) is 6.96. The second-order valence-corrected chi connectivity index (χ2v) is 8.03. The minimum absolute atomic E-state index is 0.0749. The normalized spacial score (nSPS) is 13.8. The van der Waals surface area contributed by atoms with Gasteiger partial charge < -0.3 is 16.4 Å². The van der Waals surface area contributed by atoms with Crippen LogP contribution in [0.1, 0.15) is 50.3 Å². The number of para-hydroxylation sites is 1. The van der Waals surface area contributed by atoms with Crippen LogP contribution in [-0.2, 0) is 12.7 Å². The van der Waals surface area contributed by atoms with E-state index in [1.807, 2.05) is 44.2 Å². The highest BCUT2D eigenvalue weighted by molar-refractivity contribution is 6.00. The molecule has 0 unspecified atom stereocenters. The van der Waals surface area contributed by atoms with Crippen LogP contribution >= 0.6 is 0 Å². The van der Waals surface area contributed by atoms with Gasteiger partial charge in [-0.1, -0.05) is 63.7 Å². The predicted molar refractivity (Wildman–Crippen MR) is 150 cm³/mol. The van der Waals surface area contributed by atoms with Gasteiger partial charge in [-0.2, -0.15) is 13.2 Å². The Morgan fingerprint density at radius 2 is 1.84 bits per heavy atom. The number of amidine groups is 1. The van der Waals surface area contributed by atoms with E-state index < -0.39 is 11.7 Å².